The van der Waals surface area contributed by atoms with Crippen LogP contribution in [0.4, 0.5) is 0 Å². The van der Waals surface area contributed by atoms with E-state index in [2.05, 4.69) is 20.9 Å². The zero-order valence-corrected chi connectivity index (χ0v) is 21.3. The van der Waals surface area contributed by atoms with Crippen LogP contribution in [0.3, 0.4) is 0 Å². The molecule has 0 bridgehead atoms. The molecule has 0 aromatic heterocycles. The second-order valence-corrected chi connectivity index (χ2v) is 8.73. The van der Waals surface area contributed by atoms with Crippen LogP contribution in [0.25, 0.3) is 0 Å². The lowest BCUT2D eigenvalue weighted by atomic mass is 10.0. The number of benzene rings is 1. The molecule has 1 aromatic carbocycles. The number of nitrogens with two attached hydrogens (primary N) is 4. The highest BCUT2D eigenvalue weighted by atomic mass is 16.4. The summed E-state index contributed by atoms with van der Waals surface area (Å²) < 4.78 is 0. The van der Waals surface area contributed by atoms with E-state index in [4.69, 9.17) is 22.9 Å². The van der Waals surface area contributed by atoms with Crippen LogP contribution in [0.2, 0.25) is 0 Å². The average molecular weight is 537 g/mol. The van der Waals surface area contributed by atoms with E-state index in [1.807, 2.05) is 0 Å². The maximum Gasteiger partial charge on any atom is 0.326 e. The first-order chi connectivity index (χ1) is 18.1. The molecule has 0 aliphatic rings. The Hall–Kier alpha value is -3.75. The Morgan fingerprint density at radius 3 is 2.00 bits per heavy atom. The van der Waals surface area contributed by atoms with E-state index < -0.39 is 54.5 Å². The van der Waals surface area contributed by atoms with Crippen molar-refractivity contribution in [2.75, 3.05) is 19.7 Å². The molecule has 0 saturated carbocycles. The summed E-state index contributed by atoms with van der Waals surface area (Å²) in [5.41, 5.74) is 22.5. The summed E-state index contributed by atoms with van der Waals surface area (Å²) in [7, 11) is 0. The molecule has 38 heavy (non-hydrogen) atoms. The second kappa shape index (κ2) is 17.7. The molecule has 3 amide bonds. The summed E-state index contributed by atoms with van der Waals surface area (Å²) in [5, 5.41) is 26.3. The van der Waals surface area contributed by atoms with Gasteiger partial charge in [-0.3, -0.25) is 19.4 Å². The molecule has 212 valence electrons. The van der Waals surface area contributed by atoms with Crippen LogP contribution in [0.5, 0.6) is 0 Å². The van der Waals surface area contributed by atoms with Crippen LogP contribution >= 0.6 is 0 Å². The van der Waals surface area contributed by atoms with E-state index in [0.29, 0.717) is 25.8 Å². The molecule has 0 heterocycles. The third-order valence-electron chi connectivity index (χ3n) is 5.59. The summed E-state index contributed by atoms with van der Waals surface area (Å²) in [5.74, 6) is -3.49. The van der Waals surface area contributed by atoms with Crippen LogP contribution in [0.1, 0.15) is 37.7 Å². The molecule has 4 atom stereocenters. The number of hydrogen-bond acceptors (Lipinski definition) is 8. The lowest BCUT2D eigenvalue weighted by Gasteiger charge is -2.25. The molecular formula is C24H40N8O6. The van der Waals surface area contributed by atoms with E-state index in [1.54, 1.807) is 30.3 Å². The lowest BCUT2D eigenvalue weighted by Crippen LogP contribution is -2.58. The molecule has 1 aromatic rings. The van der Waals surface area contributed by atoms with Crippen LogP contribution in [0.15, 0.2) is 35.3 Å². The van der Waals surface area contributed by atoms with Crippen molar-refractivity contribution in [3.8, 4) is 0 Å². The van der Waals surface area contributed by atoms with Gasteiger partial charge >= 0.3 is 5.97 Å². The van der Waals surface area contributed by atoms with Gasteiger partial charge in [0.25, 0.3) is 0 Å². The number of carboxylic acid groups (broad SMARTS) is 1. The quantitative estimate of drug-likeness (QED) is 0.0531. The molecule has 0 radical (unpaired) electrons. The van der Waals surface area contributed by atoms with Gasteiger partial charge < -0.3 is 49.1 Å². The van der Waals surface area contributed by atoms with Crippen molar-refractivity contribution in [2.24, 2.45) is 27.9 Å². The number of aliphatic hydroxyl groups is 1. The molecule has 0 spiro atoms. The fourth-order valence-corrected chi connectivity index (χ4v) is 3.49. The largest absolute Gasteiger partial charge is 0.480 e. The number of aliphatic hydroxyl groups excluding tert-OH is 1. The van der Waals surface area contributed by atoms with Gasteiger partial charge in [-0.1, -0.05) is 30.3 Å². The SMILES string of the molecule is NCCCCC(NC(=O)C(CCCN=C(N)N)NC(=O)C(Cc1ccccc1)NC(=O)C(N)CO)C(=O)O. The standard InChI is InChI=1S/C24H40N8O6/c25-11-5-4-9-18(23(37)38)31-21(35)17(10-6-12-29-24(27)28)30-22(36)19(32-20(34)16(26)14-33)13-15-7-2-1-3-8-15/h1-3,7-8,16-19,33H,4-6,9-14,25-26H2,(H,30,36)(H,31,35)(H,32,34)(H,37,38)(H4,27,28,29). The number of rotatable bonds is 18. The van der Waals surface area contributed by atoms with Crippen LogP contribution in [-0.2, 0) is 25.6 Å². The summed E-state index contributed by atoms with van der Waals surface area (Å²) in [6.07, 6.45) is 1.72. The van der Waals surface area contributed by atoms with Crippen molar-refractivity contribution in [1.82, 2.24) is 16.0 Å². The number of aliphatic carboxylic acids is 1. The average Bonchev–Trinajstić information content (AvgIpc) is 2.89. The predicted molar refractivity (Wildman–Crippen MR) is 141 cm³/mol. The Morgan fingerprint density at radius 1 is 0.842 bits per heavy atom. The number of nitrogens with one attached hydrogen (secondary N) is 3. The van der Waals surface area contributed by atoms with E-state index in [-0.39, 0.29) is 31.8 Å². The molecule has 0 saturated heterocycles. The van der Waals surface area contributed by atoms with Gasteiger partial charge in [-0.05, 0) is 44.2 Å². The van der Waals surface area contributed by atoms with Gasteiger partial charge in [0.1, 0.15) is 24.2 Å². The second-order valence-electron chi connectivity index (χ2n) is 8.73. The number of nitrogens with zero attached hydrogens (tertiary/aromatic N) is 1. The zero-order chi connectivity index (χ0) is 28.5. The molecule has 14 heteroatoms. The molecule has 0 fully saturated rings. The van der Waals surface area contributed by atoms with Gasteiger partial charge in [0.05, 0.1) is 6.61 Å². The summed E-state index contributed by atoms with van der Waals surface area (Å²) in [6.45, 7) is -0.0589. The Bertz CT molecular complexity index is 926. The summed E-state index contributed by atoms with van der Waals surface area (Å²) >= 11 is 0. The monoisotopic (exact) mass is 536 g/mol. The number of unbranched alkanes of at least 4 members (excludes halogenated alkanes) is 1. The number of hydrogen-bond donors (Lipinski definition) is 9. The highest BCUT2D eigenvalue weighted by molar-refractivity contribution is 5.94. The molecular weight excluding hydrogens is 496 g/mol. The molecule has 1 rings (SSSR count). The smallest absolute Gasteiger partial charge is 0.326 e. The van der Waals surface area contributed by atoms with Crippen molar-refractivity contribution >= 4 is 29.7 Å². The maximum atomic E-state index is 13.3. The van der Waals surface area contributed by atoms with Gasteiger partial charge in [0.15, 0.2) is 5.96 Å². The topological polar surface area (TPSA) is 261 Å². The first-order valence-electron chi connectivity index (χ1n) is 12.4. The first kappa shape index (κ1) is 32.3. The van der Waals surface area contributed by atoms with Crippen molar-refractivity contribution in [1.29, 1.82) is 0 Å². The number of carbonyl (C=O) groups excluding carboxylic acids is 3. The third kappa shape index (κ3) is 12.5. The van der Waals surface area contributed by atoms with Crippen molar-refractivity contribution in [2.45, 2.75) is 62.7 Å². The van der Waals surface area contributed by atoms with Crippen LogP contribution < -0.4 is 38.9 Å². The first-order valence-corrected chi connectivity index (χ1v) is 12.4. The van der Waals surface area contributed by atoms with Gasteiger partial charge in [0, 0.05) is 13.0 Å². The highest BCUT2D eigenvalue weighted by Crippen LogP contribution is 2.08. The van der Waals surface area contributed by atoms with E-state index in [9.17, 15) is 29.4 Å². The van der Waals surface area contributed by atoms with Crippen molar-refractivity contribution < 1.29 is 29.4 Å². The highest BCUT2D eigenvalue weighted by Gasteiger charge is 2.30. The number of amides is 3. The van der Waals surface area contributed by atoms with Crippen molar-refractivity contribution in [3.05, 3.63) is 35.9 Å². The minimum atomic E-state index is -1.25. The Kier molecular flexibility index (Phi) is 15.0. The van der Waals surface area contributed by atoms with Gasteiger partial charge in [-0.15, -0.1) is 0 Å². The minimum absolute atomic E-state index is 0.0791. The van der Waals surface area contributed by atoms with Gasteiger partial charge in [0.2, 0.25) is 17.7 Å². The van der Waals surface area contributed by atoms with Crippen LogP contribution in [-0.4, -0.2) is 83.7 Å². The fourth-order valence-electron chi connectivity index (χ4n) is 3.49. The number of carbonyl (C=O) groups is 4. The minimum Gasteiger partial charge on any atom is -0.480 e. The number of guanidine groups is 1. The Morgan fingerprint density at radius 2 is 1.42 bits per heavy atom. The van der Waals surface area contributed by atoms with Crippen molar-refractivity contribution in [3.63, 3.8) is 0 Å². The molecule has 4 unspecified atom stereocenters. The Labute approximate surface area is 221 Å². The van der Waals surface area contributed by atoms with Gasteiger partial charge in [-0.2, -0.15) is 0 Å². The Balaban J connectivity index is 3.09. The third-order valence-corrected chi connectivity index (χ3v) is 5.59. The lowest BCUT2D eigenvalue weighted by molar-refractivity contribution is -0.142. The molecule has 0 aliphatic heterocycles. The normalized spacial score (nSPS) is 13.9. The summed E-state index contributed by atoms with van der Waals surface area (Å²) in [4.78, 5) is 54.2. The van der Waals surface area contributed by atoms with E-state index in [1.165, 1.54) is 0 Å². The van der Waals surface area contributed by atoms with E-state index in [0.717, 1.165) is 5.56 Å². The number of carboxylic acids is 1. The molecule has 13 N–H and O–H groups in total. The van der Waals surface area contributed by atoms with Gasteiger partial charge in [-0.25, -0.2) is 4.79 Å². The van der Waals surface area contributed by atoms with E-state index >= 15 is 0 Å². The number of aliphatic imine (C=N–C) groups is 1. The molecule has 14 nitrogen and oxygen atoms in total. The zero-order valence-electron chi connectivity index (χ0n) is 21.3. The predicted octanol–water partition coefficient (Wildman–Crippen LogP) is -2.73. The molecule has 0 aliphatic carbocycles. The fraction of sp³-hybridized carbons (Fsp3) is 0.542. The summed E-state index contributed by atoms with van der Waals surface area (Å²) in [6, 6.07) is 4.16. The van der Waals surface area contributed by atoms with Crippen LogP contribution in [0, 0.1) is 0 Å². The maximum absolute atomic E-state index is 13.3.